The van der Waals surface area contributed by atoms with Crippen LogP contribution in [0.3, 0.4) is 0 Å². The van der Waals surface area contributed by atoms with Gasteiger partial charge in [-0.15, -0.1) is 11.8 Å². The van der Waals surface area contributed by atoms with Crippen molar-refractivity contribution in [3.8, 4) is 5.75 Å². The van der Waals surface area contributed by atoms with Gasteiger partial charge in [0.15, 0.2) is 6.10 Å². The van der Waals surface area contributed by atoms with Crippen molar-refractivity contribution in [2.24, 2.45) is 0 Å². The van der Waals surface area contributed by atoms with Crippen LogP contribution in [0.15, 0.2) is 47.4 Å². The molecule has 0 unspecified atom stereocenters. The number of hydrogen-bond acceptors (Lipinski definition) is 6. The first kappa shape index (κ1) is 20.7. The van der Waals surface area contributed by atoms with E-state index in [1.54, 1.807) is 56.3 Å². The first-order chi connectivity index (χ1) is 14.7. The van der Waals surface area contributed by atoms with E-state index in [1.807, 2.05) is 0 Å². The maximum atomic E-state index is 12.9. The molecule has 0 aromatic heterocycles. The molecule has 0 bridgehead atoms. The van der Waals surface area contributed by atoms with Crippen molar-refractivity contribution in [3.63, 3.8) is 0 Å². The lowest BCUT2D eigenvalue weighted by atomic mass is 10.1. The van der Waals surface area contributed by atoms with Crippen molar-refractivity contribution in [2.75, 3.05) is 16.4 Å². The Labute approximate surface area is 182 Å². The number of anilines is 2. The van der Waals surface area contributed by atoms with E-state index in [1.165, 1.54) is 11.8 Å². The Morgan fingerprint density at radius 3 is 2.68 bits per heavy atom. The highest BCUT2D eigenvalue weighted by Crippen LogP contribution is 2.33. The van der Waals surface area contributed by atoms with Gasteiger partial charge in [0.1, 0.15) is 11.3 Å². The number of amides is 5. The average molecular weight is 440 g/mol. The zero-order chi connectivity index (χ0) is 22.2. The fourth-order valence-corrected chi connectivity index (χ4v) is 4.31. The van der Waals surface area contributed by atoms with Crippen LogP contribution in [0.4, 0.5) is 16.2 Å². The molecule has 2 aromatic rings. The van der Waals surface area contributed by atoms with Gasteiger partial charge in [-0.1, -0.05) is 12.1 Å². The Kier molecular flexibility index (Phi) is 5.32. The number of thioether (sulfide) groups is 1. The van der Waals surface area contributed by atoms with Crippen molar-refractivity contribution < 1.29 is 23.9 Å². The summed E-state index contributed by atoms with van der Waals surface area (Å²) < 4.78 is 5.52. The van der Waals surface area contributed by atoms with Crippen LogP contribution in [0, 0.1) is 0 Å². The quantitative estimate of drug-likeness (QED) is 0.418. The predicted octanol–water partition coefficient (Wildman–Crippen LogP) is 2.35. The summed E-state index contributed by atoms with van der Waals surface area (Å²) in [6, 6.07) is 11.5. The van der Waals surface area contributed by atoms with Gasteiger partial charge in [-0.2, -0.15) is 0 Å². The standard InChI is InChI=1S/C21H20N4O5S/c1-11-17(26)23-14-9-12(7-8-15(14)30-11)22-18(27)13-5-3-4-6-16(13)31-10-21(2)19(28)24-20(29)25-21/h3-9,11H,10H2,1-2H3,(H,22,27)(H,23,26)(H2,24,25,28,29)/t11-,21+/m0/s1. The lowest BCUT2D eigenvalue weighted by Crippen LogP contribution is -2.46. The highest BCUT2D eigenvalue weighted by Gasteiger charge is 2.42. The third kappa shape index (κ3) is 4.19. The summed E-state index contributed by atoms with van der Waals surface area (Å²) >= 11 is 1.30. The molecule has 10 heteroatoms. The molecule has 2 aliphatic rings. The Morgan fingerprint density at radius 2 is 1.94 bits per heavy atom. The first-order valence-electron chi connectivity index (χ1n) is 9.53. The van der Waals surface area contributed by atoms with E-state index >= 15 is 0 Å². The SMILES string of the molecule is C[C@@H]1Oc2ccc(NC(=O)c3ccccc3SC[C@@]3(C)NC(=O)NC3=O)cc2NC1=O. The van der Waals surface area contributed by atoms with Crippen molar-refractivity contribution in [1.82, 2.24) is 10.6 Å². The van der Waals surface area contributed by atoms with E-state index in [0.29, 0.717) is 27.6 Å². The van der Waals surface area contributed by atoms with Crippen LogP contribution < -0.4 is 26.0 Å². The molecular weight excluding hydrogens is 420 g/mol. The Morgan fingerprint density at radius 1 is 1.16 bits per heavy atom. The van der Waals surface area contributed by atoms with E-state index < -0.39 is 23.6 Å². The van der Waals surface area contributed by atoms with E-state index in [0.717, 1.165) is 0 Å². The number of nitrogens with one attached hydrogen (secondary N) is 4. The molecule has 5 amide bonds. The number of hydrogen-bond donors (Lipinski definition) is 4. The summed E-state index contributed by atoms with van der Waals surface area (Å²) in [6.07, 6.45) is -0.578. The zero-order valence-corrected chi connectivity index (χ0v) is 17.6. The minimum Gasteiger partial charge on any atom is -0.479 e. The van der Waals surface area contributed by atoms with E-state index in [4.69, 9.17) is 4.74 Å². The lowest BCUT2D eigenvalue weighted by Gasteiger charge is -2.23. The third-order valence-electron chi connectivity index (χ3n) is 4.93. The Hall–Kier alpha value is -3.53. The van der Waals surface area contributed by atoms with Gasteiger partial charge in [-0.3, -0.25) is 19.7 Å². The number of benzene rings is 2. The van der Waals surface area contributed by atoms with Crippen molar-refractivity contribution in [3.05, 3.63) is 48.0 Å². The van der Waals surface area contributed by atoms with Gasteiger partial charge in [0, 0.05) is 16.3 Å². The maximum Gasteiger partial charge on any atom is 0.322 e. The normalized spacial score (nSPS) is 22.0. The van der Waals surface area contributed by atoms with Gasteiger partial charge in [0.2, 0.25) is 0 Å². The molecule has 2 atom stereocenters. The summed E-state index contributed by atoms with van der Waals surface area (Å²) in [5, 5.41) is 10.4. The summed E-state index contributed by atoms with van der Waals surface area (Å²) in [5.74, 6) is -0.209. The highest BCUT2D eigenvalue weighted by atomic mass is 32.2. The molecule has 2 aromatic carbocycles. The first-order valence-corrected chi connectivity index (χ1v) is 10.5. The summed E-state index contributed by atoms with van der Waals surface area (Å²) in [7, 11) is 0. The smallest absolute Gasteiger partial charge is 0.322 e. The minimum absolute atomic E-state index is 0.255. The van der Waals surface area contributed by atoms with Gasteiger partial charge in [-0.25, -0.2) is 4.79 Å². The number of imide groups is 1. The van der Waals surface area contributed by atoms with Crippen molar-refractivity contribution in [1.29, 1.82) is 0 Å². The largest absolute Gasteiger partial charge is 0.479 e. The molecule has 0 spiro atoms. The predicted molar refractivity (Wildman–Crippen MR) is 115 cm³/mol. The van der Waals surface area contributed by atoms with Crippen LogP contribution in [-0.4, -0.2) is 41.1 Å². The number of urea groups is 1. The van der Waals surface area contributed by atoms with Gasteiger partial charge in [0.05, 0.1) is 11.3 Å². The Bertz CT molecular complexity index is 1100. The molecule has 160 valence electrons. The van der Waals surface area contributed by atoms with E-state index in [2.05, 4.69) is 21.3 Å². The second kappa shape index (κ2) is 7.95. The zero-order valence-electron chi connectivity index (χ0n) is 16.8. The van der Waals surface area contributed by atoms with Crippen molar-refractivity contribution >= 4 is 46.9 Å². The van der Waals surface area contributed by atoms with Gasteiger partial charge >= 0.3 is 6.03 Å². The average Bonchev–Trinajstić information content (AvgIpc) is 2.99. The number of rotatable bonds is 5. The Balaban J connectivity index is 1.49. The van der Waals surface area contributed by atoms with E-state index in [9.17, 15) is 19.2 Å². The highest BCUT2D eigenvalue weighted by molar-refractivity contribution is 7.99. The van der Waals surface area contributed by atoms with Crippen molar-refractivity contribution in [2.45, 2.75) is 30.4 Å². The van der Waals surface area contributed by atoms with Crippen LogP contribution in [0.5, 0.6) is 5.75 Å². The summed E-state index contributed by atoms with van der Waals surface area (Å²) in [4.78, 5) is 48.9. The van der Waals surface area contributed by atoms with Gasteiger partial charge in [0.25, 0.3) is 17.7 Å². The second-order valence-corrected chi connectivity index (χ2v) is 8.46. The molecule has 1 fully saturated rings. The summed E-state index contributed by atoms with van der Waals surface area (Å²) in [6.45, 7) is 3.29. The van der Waals surface area contributed by atoms with Crippen LogP contribution in [0.1, 0.15) is 24.2 Å². The number of fused-ring (bicyclic) bond motifs is 1. The molecule has 1 saturated heterocycles. The molecule has 4 N–H and O–H groups in total. The van der Waals surface area contributed by atoms with Crippen LogP contribution in [-0.2, 0) is 9.59 Å². The fourth-order valence-electron chi connectivity index (χ4n) is 3.17. The van der Waals surface area contributed by atoms with Gasteiger partial charge in [-0.05, 0) is 44.2 Å². The lowest BCUT2D eigenvalue weighted by molar-refractivity contribution is -0.123. The summed E-state index contributed by atoms with van der Waals surface area (Å²) in [5.41, 5.74) is 0.349. The molecule has 4 rings (SSSR count). The van der Waals surface area contributed by atoms with Crippen LogP contribution in [0.25, 0.3) is 0 Å². The topological polar surface area (TPSA) is 126 Å². The van der Waals surface area contributed by atoms with E-state index in [-0.39, 0.29) is 17.6 Å². The number of carbonyl (C=O) groups is 4. The maximum absolute atomic E-state index is 12.9. The fraction of sp³-hybridized carbons (Fsp3) is 0.238. The second-order valence-electron chi connectivity index (χ2n) is 7.44. The molecule has 2 aliphatic heterocycles. The molecular formula is C21H20N4O5S. The molecule has 2 heterocycles. The van der Waals surface area contributed by atoms with Crippen LogP contribution in [0.2, 0.25) is 0 Å². The third-order valence-corrected chi connectivity index (χ3v) is 6.32. The molecule has 0 radical (unpaired) electrons. The van der Waals surface area contributed by atoms with Gasteiger partial charge < -0.3 is 20.7 Å². The van der Waals surface area contributed by atoms with Crippen LogP contribution >= 0.6 is 11.8 Å². The molecule has 9 nitrogen and oxygen atoms in total. The number of ether oxygens (including phenoxy) is 1. The molecule has 0 aliphatic carbocycles. The number of carbonyl (C=O) groups excluding carboxylic acids is 4. The minimum atomic E-state index is -1.06. The molecule has 31 heavy (non-hydrogen) atoms. The monoisotopic (exact) mass is 440 g/mol. The molecule has 0 saturated carbocycles.